The smallest absolute Gasteiger partial charge is 0.243 e. The first-order valence-electron chi connectivity index (χ1n) is 10.4. The van der Waals surface area contributed by atoms with Crippen molar-refractivity contribution in [2.45, 2.75) is 18.2 Å². The maximum Gasteiger partial charge on any atom is 0.243 e. The maximum absolute atomic E-state index is 13.0. The fourth-order valence-corrected chi connectivity index (χ4v) is 5.31. The average Bonchev–Trinajstić information content (AvgIpc) is 3.00. The summed E-state index contributed by atoms with van der Waals surface area (Å²) < 4.78 is 33.5. The lowest BCUT2D eigenvalue weighted by molar-refractivity contribution is -0.117. The van der Waals surface area contributed by atoms with E-state index in [0.29, 0.717) is 49.7 Å². The van der Waals surface area contributed by atoms with Gasteiger partial charge in [0.1, 0.15) is 5.75 Å². The molecule has 0 unspecified atom stereocenters. The maximum atomic E-state index is 13.0. The molecule has 1 heterocycles. The molecule has 0 spiro atoms. The number of carbonyl (C=O) groups excluding carboxylic acids is 2. The number of hydrogen-bond acceptors (Lipinski definition) is 6. The predicted molar refractivity (Wildman–Crippen MR) is 130 cm³/mol. The van der Waals surface area contributed by atoms with Crippen LogP contribution in [0.4, 0.5) is 11.4 Å². The Morgan fingerprint density at radius 3 is 2.42 bits per heavy atom. The van der Waals surface area contributed by atoms with E-state index in [1.54, 1.807) is 42.5 Å². The highest BCUT2D eigenvalue weighted by atomic mass is 79.9. The van der Waals surface area contributed by atoms with Crippen molar-refractivity contribution < 1.29 is 22.7 Å². The number of nitrogens with zero attached hydrogens (tertiary/aromatic N) is 2. The van der Waals surface area contributed by atoms with E-state index in [0.717, 1.165) is 4.47 Å². The molecule has 11 heteroatoms. The molecule has 2 aromatic carbocycles. The van der Waals surface area contributed by atoms with E-state index >= 15 is 0 Å². The van der Waals surface area contributed by atoms with Gasteiger partial charge in [-0.25, -0.2) is 8.42 Å². The number of rotatable bonds is 7. The quantitative estimate of drug-likeness (QED) is 0.561. The number of ether oxygens (including phenoxy) is 1. The minimum atomic E-state index is -3.59. The highest BCUT2D eigenvalue weighted by Gasteiger charge is 2.27. The summed E-state index contributed by atoms with van der Waals surface area (Å²) in [4.78, 5) is 26.2. The number of carbonyl (C=O) groups is 2. The molecule has 1 aliphatic heterocycles. The van der Waals surface area contributed by atoms with Crippen molar-refractivity contribution >= 4 is 49.1 Å². The summed E-state index contributed by atoms with van der Waals surface area (Å²) >= 11 is 3.32. The topological polar surface area (TPSA) is 108 Å². The molecule has 2 N–H and O–H groups in total. The molecule has 0 aromatic heterocycles. The molecule has 9 nitrogen and oxygen atoms in total. The first-order chi connectivity index (χ1) is 15.7. The van der Waals surface area contributed by atoms with Crippen LogP contribution < -0.4 is 15.4 Å². The second-order valence-corrected chi connectivity index (χ2v) is 10.5. The molecule has 2 amide bonds. The van der Waals surface area contributed by atoms with Gasteiger partial charge in [0, 0.05) is 36.7 Å². The molecule has 3 rings (SSSR count). The van der Waals surface area contributed by atoms with Gasteiger partial charge in [-0.3, -0.25) is 14.5 Å². The molecule has 0 aliphatic carbocycles. The summed E-state index contributed by atoms with van der Waals surface area (Å²) in [5, 5.41) is 5.50. The van der Waals surface area contributed by atoms with Crippen molar-refractivity contribution in [1.82, 2.24) is 9.21 Å². The highest BCUT2D eigenvalue weighted by molar-refractivity contribution is 9.10. The van der Waals surface area contributed by atoms with Crippen molar-refractivity contribution in [2.24, 2.45) is 0 Å². The van der Waals surface area contributed by atoms with Gasteiger partial charge in [0.25, 0.3) is 0 Å². The van der Waals surface area contributed by atoms with Crippen LogP contribution in [0.25, 0.3) is 0 Å². The lowest BCUT2D eigenvalue weighted by atomic mass is 10.2. The molecule has 0 saturated carbocycles. The Hall–Kier alpha value is -2.47. The fourth-order valence-electron chi connectivity index (χ4n) is 3.58. The Balaban J connectivity index is 1.62. The predicted octanol–water partition coefficient (Wildman–Crippen LogP) is 2.75. The minimum Gasteiger partial charge on any atom is -0.495 e. The molecular formula is C22H27BrN4O5S. The van der Waals surface area contributed by atoms with Crippen molar-refractivity contribution in [3.8, 4) is 5.75 Å². The summed E-state index contributed by atoms with van der Waals surface area (Å²) in [6.45, 7) is 3.24. The summed E-state index contributed by atoms with van der Waals surface area (Å²) in [7, 11) is -2.09. The fraction of sp³-hybridized carbons (Fsp3) is 0.364. The molecule has 178 valence electrons. The molecule has 33 heavy (non-hydrogen) atoms. The van der Waals surface area contributed by atoms with E-state index in [2.05, 4.69) is 26.6 Å². The largest absolute Gasteiger partial charge is 0.495 e. The number of methoxy groups -OCH3 is 1. The van der Waals surface area contributed by atoms with Gasteiger partial charge < -0.3 is 15.4 Å². The van der Waals surface area contributed by atoms with Gasteiger partial charge >= 0.3 is 0 Å². The zero-order valence-corrected chi connectivity index (χ0v) is 20.9. The van der Waals surface area contributed by atoms with Crippen LogP contribution in [0.5, 0.6) is 5.75 Å². The molecule has 0 atom stereocenters. The van der Waals surface area contributed by atoms with Gasteiger partial charge in [0.15, 0.2) is 0 Å². The number of sulfonamides is 1. The lowest BCUT2D eigenvalue weighted by Crippen LogP contribution is -2.38. The zero-order chi connectivity index (χ0) is 24.0. The number of anilines is 2. The third-order valence-electron chi connectivity index (χ3n) is 5.16. The molecule has 1 saturated heterocycles. The molecule has 0 bridgehead atoms. The van der Waals surface area contributed by atoms with Crippen LogP contribution in [-0.2, 0) is 19.6 Å². The van der Waals surface area contributed by atoms with Gasteiger partial charge in [-0.1, -0.05) is 15.9 Å². The number of benzene rings is 2. The molecular weight excluding hydrogens is 512 g/mol. The van der Waals surface area contributed by atoms with Gasteiger partial charge in [-0.05, 0) is 55.4 Å². The van der Waals surface area contributed by atoms with E-state index in [1.165, 1.54) is 18.3 Å². The van der Waals surface area contributed by atoms with E-state index in [9.17, 15) is 18.0 Å². The van der Waals surface area contributed by atoms with E-state index in [1.807, 2.05) is 4.90 Å². The van der Waals surface area contributed by atoms with Crippen LogP contribution in [0, 0.1) is 0 Å². The van der Waals surface area contributed by atoms with Crippen LogP contribution in [0.1, 0.15) is 13.3 Å². The first-order valence-corrected chi connectivity index (χ1v) is 12.7. The van der Waals surface area contributed by atoms with E-state index < -0.39 is 10.0 Å². The van der Waals surface area contributed by atoms with Crippen molar-refractivity contribution in [1.29, 1.82) is 0 Å². The summed E-state index contributed by atoms with van der Waals surface area (Å²) in [6, 6.07) is 11.6. The second kappa shape index (κ2) is 11.1. The Bertz CT molecular complexity index is 1110. The average molecular weight is 539 g/mol. The van der Waals surface area contributed by atoms with Crippen LogP contribution >= 0.6 is 15.9 Å². The number of nitrogens with one attached hydrogen (secondary N) is 2. The molecule has 1 aliphatic rings. The SMILES string of the molecule is COc1ccc(NC(C)=O)cc1NC(=O)CN1CCCN(S(=O)(=O)c2ccc(Br)cc2)CC1. The van der Waals surface area contributed by atoms with Crippen molar-refractivity contribution in [2.75, 3.05) is 50.5 Å². The second-order valence-electron chi connectivity index (χ2n) is 7.63. The number of amides is 2. The van der Waals surface area contributed by atoms with Gasteiger partial charge in [0.2, 0.25) is 21.8 Å². The van der Waals surface area contributed by atoms with Crippen LogP contribution in [0.15, 0.2) is 51.8 Å². The number of halogens is 1. The third-order valence-corrected chi connectivity index (χ3v) is 7.60. The van der Waals surface area contributed by atoms with Crippen LogP contribution in [0.3, 0.4) is 0 Å². The van der Waals surface area contributed by atoms with Crippen LogP contribution in [-0.4, -0.2) is 69.3 Å². The normalized spacial score (nSPS) is 15.5. The Labute approximate surface area is 202 Å². The van der Waals surface area contributed by atoms with Crippen LogP contribution in [0.2, 0.25) is 0 Å². The Kier molecular flexibility index (Phi) is 8.46. The van der Waals surface area contributed by atoms with Gasteiger partial charge in [-0.2, -0.15) is 4.31 Å². The third kappa shape index (κ3) is 6.76. The van der Waals surface area contributed by atoms with Gasteiger partial charge in [0.05, 0.1) is 24.2 Å². The highest BCUT2D eigenvalue weighted by Crippen LogP contribution is 2.28. The molecule has 0 radical (unpaired) electrons. The standard InChI is InChI=1S/C22H27BrN4O5S/c1-16(28)24-18-6-9-21(32-2)20(14-18)25-22(29)15-26-10-3-11-27(13-12-26)33(30,31)19-7-4-17(23)5-8-19/h4-9,14H,3,10-13,15H2,1-2H3,(H,24,28)(H,25,29). The molecule has 2 aromatic rings. The number of hydrogen-bond donors (Lipinski definition) is 2. The van der Waals surface area contributed by atoms with E-state index in [4.69, 9.17) is 4.74 Å². The monoisotopic (exact) mass is 538 g/mol. The van der Waals surface area contributed by atoms with Crippen molar-refractivity contribution in [3.63, 3.8) is 0 Å². The lowest BCUT2D eigenvalue weighted by Gasteiger charge is -2.21. The van der Waals surface area contributed by atoms with E-state index in [-0.39, 0.29) is 23.3 Å². The zero-order valence-electron chi connectivity index (χ0n) is 18.5. The summed E-state index contributed by atoms with van der Waals surface area (Å²) in [5.41, 5.74) is 0.991. The molecule has 1 fully saturated rings. The van der Waals surface area contributed by atoms with Gasteiger partial charge in [-0.15, -0.1) is 0 Å². The first kappa shape index (κ1) is 25.2. The summed E-state index contributed by atoms with van der Waals surface area (Å²) in [5.74, 6) is 0.00207. The van der Waals surface area contributed by atoms with Crippen molar-refractivity contribution in [3.05, 3.63) is 46.9 Å². The Morgan fingerprint density at radius 1 is 1.03 bits per heavy atom. The minimum absolute atomic E-state index is 0.111. The summed E-state index contributed by atoms with van der Waals surface area (Å²) in [6.07, 6.45) is 0.615. The Morgan fingerprint density at radius 2 is 1.76 bits per heavy atom.